The fraction of sp³-hybridized carbons (Fsp3) is 0.200. The Kier molecular flexibility index (Phi) is 2.15. The molecule has 1 atom stereocenters. The van der Waals surface area contributed by atoms with Crippen LogP contribution in [0.15, 0.2) is 24.3 Å². The summed E-state index contributed by atoms with van der Waals surface area (Å²) in [6, 6.07) is 6.38. The van der Waals surface area contributed by atoms with Crippen LogP contribution < -0.4 is 0 Å². The summed E-state index contributed by atoms with van der Waals surface area (Å²) < 4.78 is 0. The first-order valence-electron chi connectivity index (χ1n) is 4.26. The van der Waals surface area contributed by atoms with Gasteiger partial charge in [0.1, 0.15) is 6.04 Å². The van der Waals surface area contributed by atoms with Crippen molar-refractivity contribution in [3.63, 3.8) is 0 Å². The van der Waals surface area contributed by atoms with E-state index in [9.17, 15) is 14.8 Å². The third-order valence-corrected chi connectivity index (χ3v) is 2.37. The fourth-order valence-electron chi connectivity index (χ4n) is 1.74. The number of benzene rings is 1. The highest BCUT2D eigenvalue weighted by atomic mass is 16.5. The van der Waals surface area contributed by atoms with Gasteiger partial charge >= 0.3 is 0 Å². The van der Waals surface area contributed by atoms with Gasteiger partial charge in [0.2, 0.25) is 5.78 Å². The minimum absolute atomic E-state index is 0.246. The number of fused-ring (bicyclic) bond motifs is 1. The zero-order valence-electron chi connectivity index (χ0n) is 7.38. The molecule has 1 aromatic carbocycles. The molecule has 0 saturated carbocycles. The van der Waals surface area contributed by atoms with E-state index in [1.807, 2.05) is 12.1 Å². The fourth-order valence-corrected chi connectivity index (χ4v) is 1.74. The van der Waals surface area contributed by atoms with Crippen LogP contribution in [0.5, 0.6) is 0 Å². The number of hydrogen-bond acceptors (Lipinski definition) is 4. The Hall–Kier alpha value is -1.52. The van der Waals surface area contributed by atoms with Gasteiger partial charge in [-0.1, -0.05) is 24.3 Å². The molecular formula is C10H9NO3. The number of ketones is 1. The Labute approximate surface area is 80.7 Å². The van der Waals surface area contributed by atoms with Gasteiger partial charge in [0.05, 0.1) is 6.54 Å². The van der Waals surface area contributed by atoms with Crippen LogP contribution in [0.25, 0.3) is 0 Å². The Bertz CT molecular complexity index is 389. The largest absolute Gasteiger partial charge is 0.313 e. The first-order chi connectivity index (χ1) is 6.74. The molecule has 14 heavy (non-hydrogen) atoms. The van der Waals surface area contributed by atoms with E-state index in [0.29, 0.717) is 12.1 Å². The molecular weight excluding hydrogens is 182 g/mol. The van der Waals surface area contributed by atoms with E-state index in [0.717, 1.165) is 10.6 Å². The molecule has 72 valence electrons. The Morgan fingerprint density at radius 1 is 1.50 bits per heavy atom. The zero-order valence-corrected chi connectivity index (χ0v) is 7.38. The van der Waals surface area contributed by atoms with Gasteiger partial charge in [-0.25, -0.2) is 0 Å². The van der Waals surface area contributed by atoms with Gasteiger partial charge in [0, 0.05) is 0 Å². The lowest BCUT2D eigenvalue weighted by Crippen LogP contribution is -2.25. The predicted molar refractivity (Wildman–Crippen MR) is 47.6 cm³/mol. The van der Waals surface area contributed by atoms with Gasteiger partial charge in [0.25, 0.3) is 0 Å². The second kappa shape index (κ2) is 3.32. The first-order valence-corrected chi connectivity index (χ1v) is 4.26. The van der Waals surface area contributed by atoms with Gasteiger partial charge in [-0.15, -0.1) is 0 Å². The number of aldehydes is 1. The van der Waals surface area contributed by atoms with Crippen LogP contribution in [0.3, 0.4) is 0 Å². The van der Waals surface area contributed by atoms with Crippen LogP contribution in [-0.4, -0.2) is 22.3 Å². The molecule has 4 heteroatoms. The Balaban J connectivity index is 2.44. The highest BCUT2D eigenvalue weighted by Crippen LogP contribution is 2.31. The van der Waals surface area contributed by atoms with Crippen molar-refractivity contribution in [3.8, 4) is 0 Å². The average Bonchev–Trinajstić information content (AvgIpc) is 2.53. The van der Waals surface area contributed by atoms with Crippen LogP contribution in [0.4, 0.5) is 0 Å². The van der Waals surface area contributed by atoms with Crippen molar-refractivity contribution in [2.75, 3.05) is 0 Å². The maximum absolute atomic E-state index is 11.2. The minimum atomic E-state index is -0.816. The molecule has 0 bridgehead atoms. The second-order valence-corrected chi connectivity index (χ2v) is 3.22. The number of carbonyl (C=O) groups excluding carboxylic acids is 2. The van der Waals surface area contributed by atoms with E-state index in [-0.39, 0.29) is 6.29 Å². The Morgan fingerprint density at radius 3 is 2.93 bits per heavy atom. The molecule has 0 aliphatic carbocycles. The van der Waals surface area contributed by atoms with E-state index in [1.54, 1.807) is 12.1 Å². The molecule has 4 nitrogen and oxygen atoms in total. The molecule has 0 radical (unpaired) electrons. The lowest BCUT2D eigenvalue weighted by molar-refractivity contribution is -0.155. The number of hydroxylamine groups is 2. The molecule has 0 saturated heterocycles. The van der Waals surface area contributed by atoms with Crippen molar-refractivity contribution < 1.29 is 14.8 Å². The summed E-state index contributed by atoms with van der Waals surface area (Å²) in [4.78, 5) is 21.6. The van der Waals surface area contributed by atoms with Gasteiger partial charge in [0.15, 0.2) is 6.29 Å². The molecule has 1 heterocycles. The highest BCUT2D eigenvalue weighted by molar-refractivity contribution is 6.27. The van der Waals surface area contributed by atoms with Crippen molar-refractivity contribution in [1.82, 2.24) is 5.06 Å². The van der Waals surface area contributed by atoms with Crippen LogP contribution >= 0.6 is 0 Å². The first kappa shape index (κ1) is 9.05. The number of nitrogens with zero attached hydrogens (tertiary/aromatic N) is 1. The van der Waals surface area contributed by atoms with E-state index in [1.165, 1.54) is 0 Å². The monoisotopic (exact) mass is 191 g/mol. The standard InChI is InChI=1S/C10H9NO3/c12-6-9(13)10-8-4-2-1-3-7(8)5-11(10)14/h1-4,6,10,14H,5H2. The quantitative estimate of drug-likeness (QED) is 0.552. The second-order valence-electron chi connectivity index (χ2n) is 3.22. The molecule has 1 aromatic rings. The highest BCUT2D eigenvalue weighted by Gasteiger charge is 2.33. The summed E-state index contributed by atoms with van der Waals surface area (Å²) in [5, 5.41) is 10.4. The van der Waals surface area contributed by atoms with Crippen LogP contribution in [0.1, 0.15) is 17.2 Å². The smallest absolute Gasteiger partial charge is 0.219 e. The zero-order chi connectivity index (χ0) is 10.1. The summed E-state index contributed by atoms with van der Waals surface area (Å²) in [6.07, 6.45) is 0.246. The number of Topliss-reactive ketones (excluding diaryl/α,β-unsaturated/α-hetero) is 1. The minimum Gasteiger partial charge on any atom is -0.313 e. The van der Waals surface area contributed by atoms with E-state index < -0.39 is 11.8 Å². The van der Waals surface area contributed by atoms with Crippen LogP contribution in [0.2, 0.25) is 0 Å². The molecule has 0 spiro atoms. The Morgan fingerprint density at radius 2 is 2.21 bits per heavy atom. The van der Waals surface area contributed by atoms with Gasteiger partial charge in [-0.05, 0) is 11.1 Å². The summed E-state index contributed by atoms with van der Waals surface area (Å²) >= 11 is 0. The molecule has 1 N–H and O–H groups in total. The molecule has 0 aromatic heterocycles. The number of carbonyl (C=O) groups is 2. The maximum atomic E-state index is 11.2. The predicted octanol–water partition coefficient (Wildman–Crippen LogP) is 0.700. The summed E-state index contributed by atoms with van der Waals surface area (Å²) in [7, 11) is 0. The third kappa shape index (κ3) is 1.25. The summed E-state index contributed by atoms with van der Waals surface area (Å²) in [5.41, 5.74) is 1.60. The molecule has 2 rings (SSSR count). The van der Waals surface area contributed by atoms with Crippen molar-refractivity contribution in [3.05, 3.63) is 35.4 Å². The number of rotatable bonds is 2. The van der Waals surface area contributed by atoms with Crippen molar-refractivity contribution in [2.45, 2.75) is 12.6 Å². The van der Waals surface area contributed by atoms with Gasteiger partial charge in [-0.2, -0.15) is 5.06 Å². The average molecular weight is 191 g/mol. The van der Waals surface area contributed by atoms with Crippen molar-refractivity contribution in [1.29, 1.82) is 0 Å². The van der Waals surface area contributed by atoms with Crippen LogP contribution in [-0.2, 0) is 16.1 Å². The van der Waals surface area contributed by atoms with E-state index in [2.05, 4.69) is 0 Å². The topological polar surface area (TPSA) is 57.6 Å². The normalized spacial score (nSPS) is 20.5. The SMILES string of the molecule is O=CC(=O)C1c2ccccc2CN1O. The third-order valence-electron chi connectivity index (χ3n) is 2.37. The molecule has 1 unspecified atom stereocenters. The van der Waals surface area contributed by atoms with Crippen LogP contribution in [0, 0.1) is 0 Å². The van der Waals surface area contributed by atoms with Gasteiger partial charge in [-0.3, -0.25) is 9.59 Å². The maximum Gasteiger partial charge on any atom is 0.219 e. The number of hydrogen-bond donors (Lipinski definition) is 1. The lowest BCUT2D eigenvalue weighted by Gasteiger charge is -2.13. The molecule has 0 amide bonds. The van der Waals surface area contributed by atoms with E-state index in [4.69, 9.17) is 0 Å². The summed E-state index contributed by atoms with van der Waals surface area (Å²) in [5.74, 6) is -0.613. The molecule has 1 aliphatic rings. The molecule has 1 aliphatic heterocycles. The lowest BCUT2D eigenvalue weighted by atomic mass is 10.0. The summed E-state index contributed by atoms with van der Waals surface area (Å²) in [6.45, 7) is 0.292. The van der Waals surface area contributed by atoms with E-state index >= 15 is 0 Å². The molecule has 0 fully saturated rings. The van der Waals surface area contributed by atoms with Gasteiger partial charge < -0.3 is 5.21 Å². The van der Waals surface area contributed by atoms with Crippen molar-refractivity contribution >= 4 is 12.1 Å². The van der Waals surface area contributed by atoms with Crippen molar-refractivity contribution in [2.24, 2.45) is 0 Å².